The van der Waals surface area contributed by atoms with E-state index in [0.29, 0.717) is 0 Å². The SMILES string of the molecule is C=CCOC(=O)[C@H]1CC[C@H](C#N)CC1. The molecule has 1 fully saturated rings. The van der Waals surface area contributed by atoms with Gasteiger partial charge in [-0.25, -0.2) is 0 Å². The van der Waals surface area contributed by atoms with E-state index in [2.05, 4.69) is 12.6 Å². The number of ether oxygens (including phenoxy) is 1. The molecule has 0 aromatic carbocycles. The van der Waals surface area contributed by atoms with Crippen molar-refractivity contribution in [1.82, 2.24) is 0 Å². The van der Waals surface area contributed by atoms with Gasteiger partial charge in [0.25, 0.3) is 0 Å². The molecule has 14 heavy (non-hydrogen) atoms. The van der Waals surface area contributed by atoms with Crippen molar-refractivity contribution in [1.29, 1.82) is 5.26 Å². The Hall–Kier alpha value is -1.30. The van der Waals surface area contributed by atoms with Crippen molar-refractivity contribution in [3.05, 3.63) is 12.7 Å². The molecule has 1 rings (SSSR count). The van der Waals surface area contributed by atoms with Gasteiger partial charge in [-0.3, -0.25) is 4.79 Å². The van der Waals surface area contributed by atoms with Gasteiger partial charge < -0.3 is 4.74 Å². The van der Waals surface area contributed by atoms with Crippen molar-refractivity contribution in [2.75, 3.05) is 6.61 Å². The smallest absolute Gasteiger partial charge is 0.309 e. The van der Waals surface area contributed by atoms with E-state index in [1.165, 1.54) is 0 Å². The molecule has 0 radical (unpaired) electrons. The van der Waals surface area contributed by atoms with Crippen LogP contribution < -0.4 is 0 Å². The van der Waals surface area contributed by atoms with E-state index in [1.54, 1.807) is 6.08 Å². The Labute approximate surface area is 84.4 Å². The molecule has 3 nitrogen and oxygen atoms in total. The summed E-state index contributed by atoms with van der Waals surface area (Å²) in [5.41, 5.74) is 0. The summed E-state index contributed by atoms with van der Waals surface area (Å²) in [5, 5.41) is 8.68. The number of nitriles is 1. The number of hydrogen-bond acceptors (Lipinski definition) is 3. The van der Waals surface area contributed by atoms with Crippen LogP contribution in [0.5, 0.6) is 0 Å². The van der Waals surface area contributed by atoms with Gasteiger partial charge in [0.2, 0.25) is 0 Å². The highest BCUT2D eigenvalue weighted by atomic mass is 16.5. The summed E-state index contributed by atoms with van der Waals surface area (Å²) in [4.78, 5) is 11.4. The lowest BCUT2D eigenvalue weighted by Crippen LogP contribution is -2.23. The number of nitrogens with zero attached hydrogens (tertiary/aromatic N) is 1. The Morgan fingerprint density at radius 3 is 2.64 bits per heavy atom. The minimum Gasteiger partial charge on any atom is -0.461 e. The third-order valence-corrected chi connectivity index (χ3v) is 2.59. The normalized spacial score (nSPS) is 26.2. The second-order valence-corrected chi connectivity index (χ2v) is 3.60. The molecule has 0 saturated heterocycles. The number of carbonyl (C=O) groups excluding carboxylic acids is 1. The fourth-order valence-electron chi connectivity index (χ4n) is 1.72. The molecule has 0 aliphatic heterocycles. The molecule has 3 heteroatoms. The van der Waals surface area contributed by atoms with Crippen molar-refractivity contribution in [3.8, 4) is 6.07 Å². The minimum absolute atomic E-state index is 0.000417. The fraction of sp³-hybridized carbons (Fsp3) is 0.636. The van der Waals surface area contributed by atoms with E-state index in [4.69, 9.17) is 10.00 Å². The molecule has 0 bridgehead atoms. The molecular weight excluding hydrogens is 178 g/mol. The van der Waals surface area contributed by atoms with Crippen LogP contribution in [-0.4, -0.2) is 12.6 Å². The molecule has 0 spiro atoms. The topological polar surface area (TPSA) is 50.1 Å². The molecular formula is C11H15NO2. The first-order valence-corrected chi connectivity index (χ1v) is 4.95. The van der Waals surface area contributed by atoms with Gasteiger partial charge in [-0.1, -0.05) is 12.7 Å². The van der Waals surface area contributed by atoms with E-state index in [-0.39, 0.29) is 24.4 Å². The number of esters is 1. The Morgan fingerprint density at radius 2 is 2.14 bits per heavy atom. The standard InChI is InChI=1S/C11H15NO2/c1-2-7-14-11(13)10-5-3-9(8-12)4-6-10/h2,9-10H,1,3-7H2/t9-,10-. The molecule has 76 valence electrons. The minimum atomic E-state index is -0.138. The van der Waals surface area contributed by atoms with E-state index in [1.807, 2.05) is 0 Å². The van der Waals surface area contributed by atoms with Gasteiger partial charge in [-0.15, -0.1) is 0 Å². The van der Waals surface area contributed by atoms with Gasteiger partial charge in [-0.05, 0) is 25.7 Å². The summed E-state index contributed by atoms with van der Waals surface area (Å²) < 4.78 is 4.96. The first-order valence-electron chi connectivity index (χ1n) is 4.95. The summed E-state index contributed by atoms with van der Waals surface area (Å²) in [5.74, 6) is -0.000654. The maximum absolute atomic E-state index is 11.4. The second-order valence-electron chi connectivity index (χ2n) is 3.60. The van der Waals surface area contributed by atoms with Gasteiger partial charge in [0.15, 0.2) is 0 Å². The van der Waals surface area contributed by atoms with Crippen LogP contribution in [0.4, 0.5) is 0 Å². The molecule has 1 aliphatic carbocycles. The zero-order valence-corrected chi connectivity index (χ0v) is 8.24. The molecule has 0 heterocycles. The Bertz CT molecular complexity index is 247. The average molecular weight is 193 g/mol. The lowest BCUT2D eigenvalue weighted by Gasteiger charge is -2.22. The summed E-state index contributed by atoms with van der Waals surface area (Å²) in [6.07, 6.45) is 4.79. The number of hydrogen-bond donors (Lipinski definition) is 0. The Kier molecular flexibility index (Phi) is 4.18. The van der Waals surface area contributed by atoms with Crippen LogP contribution in [0.1, 0.15) is 25.7 Å². The second kappa shape index (κ2) is 5.43. The zero-order chi connectivity index (χ0) is 10.4. The highest BCUT2D eigenvalue weighted by Gasteiger charge is 2.26. The fourth-order valence-corrected chi connectivity index (χ4v) is 1.72. The van der Waals surface area contributed by atoms with Crippen LogP contribution in [0, 0.1) is 23.2 Å². The van der Waals surface area contributed by atoms with Crippen molar-refractivity contribution in [2.24, 2.45) is 11.8 Å². The van der Waals surface area contributed by atoms with Crippen molar-refractivity contribution in [3.63, 3.8) is 0 Å². The third kappa shape index (κ3) is 2.88. The number of rotatable bonds is 3. The lowest BCUT2D eigenvalue weighted by atomic mass is 9.83. The van der Waals surface area contributed by atoms with Crippen LogP contribution in [0.2, 0.25) is 0 Å². The van der Waals surface area contributed by atoms with E-state index < -0.39 is 0 Å². The van der Waals surface area contributed by atoms with Crippen LogP contribution in [-0.2, 0) is 9.53 Å². The Morgan fingerprint density at radius 1 is 1.50 bits per heavy atom. The largest absolute Gasteiger partial charge is 0.461 e. The third-order valence-electron chi connectivity index (χ3n) is 2.59. The average Bonchev–Trinajstić information content (AvgIpc) is 2.26. The van der Waals surface area contributed by atoms with E-state index in [9.17, 15) is 4.79 Å². The summed E-state index contributed by atoms with van der Waals surface area (Å²) >= 11 is 0. The van der Waals surface area contributed by atoms with Crippen molar-refractivity contribution >= 4 is 5.97 Å². The molecule has 0 N–H and O–H groups in total. The predicted molar refractivity (Wildman–Crippen MR) is 52.2 cm³/mol. The van der Waals surface area contributed by atoms with Gasteiger partial charge in [0.05, 0.1) is 12.0 Å². The van der Waals surface area contributed by atoms with Crippen molar-refractivity contribution < 1.29 is 9.53 Å². The first-order chi connectivity index (χ1) is 6.77. The van der Waals surface area contributed by atoms with Gasteiger partial charge in [0.1, 0.15) is 6.61 Å². The molecule has 0 amide bonds. The highest BCUT2D eigenvalue weighted by Crippen LogP contribution is 2.28. The first kappa shape index (κ1) is 10.8. The maximum Gasteiger partial charge on any atom is 0.309 e. The highest BCUT2D eigenvalue weighted by molar-refractivity contribution is 5.72. The molecule has 0 atom stereocenters. The van der Waals surface area contributed by atoms with Gasteiger partial charge >= 0.3 is 5.97 Å². The van der Waals surface area contributed by atoms with Gasteiger partial charge in [-0.2, -0.15) is 5.26 Å². The van der Waals surface area contributed by atoms with Crippen LogP contribution in [0.15, 0.2) is 12.7 Å². The zero-order valence-electron chi connectivity index (χ0n) is 8.24. The molecule has 0 aromatic rings. The molecule has 0 unspecified atom stereocenters. The lowest BCUT2D eigenvalue weighted by molar-refractivity contribution is -0.148. The summed E-state index contributed by atoms with van der Waals surface area (Å²) in [6, 6.07) is 2.24. The molecule has 0 aromatic heterocycles. The van der Waals surface area contributed by atoms with E-state index >= 15 is 0 Å². The maximum atomic E-state index is 11.4. The van der Waals surface area contributed by atoms with Gasteiger partial charge in [0, 0.05) is 5.92 Å². The van der Waals surface area contributed by atoms with Crippen molar-refractivity contribution in [2.45, 2.75) is 25.7 Å². The summed E-state index contributed by atoms with van der Waals surface area (Å²) in [6.45, 7) is 3.77. The van der Waals surface area contributed by atoms with Crippen LogP contribution in [0.3, 0.4) is 0 Å². The summed E-state index contributed by atoms with van der Waals surface area (Å²) in [7, 11) is 0. The van der Waals surface area contributed by atoms with Crippen LogP contribution in [0.25, 0.3) is 0 Å². The molecule has 1 saturated carbocycles. The molecule has 1 aliphatic rings. The monoisotopic (exact) mass is 193 g/mol. The van der Waals surface area contributed by atoms with Crippen LogP contribution >= 0.6 is 0 Å². The predicted octanol–water partition coefficient (Wildman–Crippen LogP) is 2.05. The van der Waals surface area contributed by atoms with E-state index in [0.717, 1.165) is 25.7 Å². The quantitative estimate of drug-likeness (QED) is 0.509. The Balaban J connectivity index is 2.31. The number of carbonyl (C=O) groups is 1.